The summed E-state index contributed by atoms with van der Waals surface area (Å²) in [6.45, 7) is 0. The van der Waals surface area contributed by atoms with Crippen molar-refractivity contribution in [2.45, 2.75) is 36.6 Å². The molecule has 4 rings (SSSR count). The zero-order valence-corrected chi connectivity index (χ0v) is 19.6. The Kier molecular flexibility index (Phi) is 6.83. The Morgan fingerprint density at radius 3 is 2.50 bits per heavy atom. The van der Waals surface area contributed by atoms with Crippen molar-refractivity contribution < 1.29 is 13.2 Å². The molecular formula is C23H23ClN2O4S2. The molecule has 1 fully saturated rings. The van der Waals surface area contributed by atoms with Gasteiger partial charge in [0.1, 0.15) is 0 Å². The predicted molar refractivity (Wildman–Crippen MR) is 127 cm³/mol. The van der Waals surface area contributed by atoms with E-state index in [-0.39, 0.29) is 34.1 Å². The number of thiophene rings is 1. The van der Waals surface area contributed by atoms with Crippen LogP contribution in [0.15, 0.2) is 70.5 Å². The highest BCUT2D eigenvalue weighted by Crippen LogP contribution is 2.29. The average Bonchev–Trinajstić information content (AvgIpc) is 3.22. The van der Waals surface area contributed by atoms with E-state index in [1.54, 1.807) is 42.6 Å². The van der Waals surface area contributed by atoms with Gasteiger partial charge in [-0.2, -0.15) is 0 Å². The van der Waals surface area contributed by atoms with E-state index in [4.69, 9.17) is 11.6 Å². The van der Waals surface area contributed by atoms with Gasteiger partial charge >= 0.3 is 0 Å². The Labute approximate surface area is 195 Å². The second-order valence-corrected chi connectivity index (χ2v) is 11.7. The maximum atomic E-state index is 13.1. The first kappa shape index (κ1) is 22.8. The predicted octanol–water partition coefficient (Wildman–Crippen LogP) is 4.31. The number of benzene rings is 1. The summed E-state index contributed by atoms with van der Waals surface area (Å²) < 4.78 is 28.2. The minimum absolute atomic E-state index is 0.0340. The summed E-state index contributed by atoms with van der Waals surface area (Å²) in [7, 11) is -3.56. The van der Waals surface area contributed by atoms with E-state index in [0.717, 1.165) is 25.7 Å². The monoisotopic (exact) mass is 490 g/mol. The first-order valence-corrected chi connectivity index (χ1v) is 13.3. The number of pyridine rings is 1. The van der Waals surface area contributed by atoms with E-state index >= 15 is 0 Å². The van der Waals surface area contributed by atoms with Crippen LogP contribution in [0, 0.1) is 5.92 Å². The molecule has 1 N–H and O–H groups in total. The van der Waals surface area contributed by atoms with Crippen LogP contribution in [0.2, 0.25) is 4.34 Å². The average molecular weight is 491 g/mol. The highest BCUT2D eigenvalue weighted by atomic mass is 35.5. The first-order valence-electron chi connectivity index (χ1n) is 10.4. The number of hydrogen-bond acceptors (Lipinski definition) is 5. The van der Waals surface area contributed by atoms with E-state index in [9.17, 15) is 18.0 Å². The summed E-state index contributed by atoms with van der Waals surface area (Å²) in [5.74, 6) is -0.410. The first-order chi connectivity index (χ1) is 15.3. The van der Waals surface area contributed by atoms with Gasteiger partial charge in [0.25, 0.3) is 11.5 Å². The fraction of sp³-hybridized carbons (Fsp3) is 0.304. The number of carbonyl (C=O) groups is 1. The van der Waals surface area contributed by atoms with Crippen LogP contribution in [0.5, 0.6) is 0 Å². The number of aromatic nitrogens is 1. The summed E-state index contributed by atoms with van der Waals surface area (Å²) in [5, 5.41) is 3.02. The summed E-state index contributed by atoms with van der Waals surface area (Å²) in [5.41, 5.74) is 0.419. The maximum Gasteiger partial charge on any atom is 0.261 e. The molecule has 168 valence electrons. The molecular weight excluding hydrogens is 468 g/mol. The van der Waals surface area contributed by atoms with Crippen LogP contribution in [0.4, 0.5) is 0 Å². The maximum absolute atomic E-state index is 13.1. The molecule has 1 aromatic carbocycles. The Morgan fingerprint density at radius 1 is 1.06 bits per heavy atom. The van der Waals surface area contributed by atoms with Crippen molar-refractivity contribution in [2.75, 3.05) is 5.75 Å². The lowest BCUT2D eigenvalue weighted by atomic mass is 9.85. The lowest BCUT2D eigenvalue weighted by Gasteiger charge is -2.32. The number of hydrogen-bond donors (Lipinski definition) is 1. The second kappa shape index (κ2) is 9.60. The van der Waals surface area contributed by atoms with Crippen LogP contribution in [0.1, 0.15) is 35.4 Å². The van der Waals surface area contributed by atoms with Crippen LogP contribution < -0.4 is 10.9 Å². The number of sulfone groups is 1. The molecule has 1 amide bonds. The molecule has 0 unspecified atom stereocenters. The summed E-state index contributed by atoms with van der Waals surface area (Å²) in [6.07, 6.45) is 5.02. The standard InChI is InChI=1S/C23H23ClN2O4S2/c24-21-13-12-20(31-21)23(28)25-19-6-2-1-5-16(19)15-32(29,30)18-10-8-17(9-11-18)26-14-4-3-7-22(26)27/h3-4,7-14,16,19H,1-2,5-6,15H2,(H,25,28)/t16-,19-/m1/s1. The van der Waals surface area contributed by atoms with Crippen LogP contribution in [0.3, 0.4) is 0 Å². The molecule has 3 aromatic rings. The van der Waals surface area contributed by atoms with Gasteiger partial charge in [-0.05, 0) is 61.2 Å². The highest BCUT2D eigenvalue weighted by Gasteiger charge is 2.31. The Hall–Kier alpha value is -2.42. The number of carbonyl (C=O) groups excluding carboxylic acids is 1. The quantitative estimate of drug-likeness (QED) is 0.557. The Morgan fingerprint density at radius 2 is 1.81 bits per heavy atom. The fourth-order valence-electron chi connectivity index (χ4n) is 4.11. The van der Waals surface area contributed by atoms with E-state index in [1.807, 2.05) is 0 Å². The van der Waals surface area contributed by atoms with E-state index in [1.165, 1.54) is 34.1 Å². The van der Waals surface area contributed by atoms with E-state index in [0.29, 0.717) is 14.9 Å². The number of nitrogens with one attached hydrogen (secondary N) is 1. The summed E-state index contributed by atoms with van der Waals surface area (Å²) >= 11 is 7.14. The fourth-order valence-corrected chi connectivity index (χ4v) is 6.76. The topological polar surface area (TPSA) is 85.2 Å². The molecule has 9 heteroatoms. The SMILES string of the molecule is O=C(N[C@@H]1CCCC[C@@H]1CS(=O)(=O)c1ccc(-n2ccccc2=O)cc1)c1ccc(Cl)s1. The van der Waals surface area contributed by atoms with Gasteiger partial charge in [0.15, 0.2) is 9.84 Å². The van der Waals surface area contributed by atoms with Gasteiger partial charge in [-0.15, -0.1) is 11.3 Å². The molecule has 0 aliphatic heterocycles. The molecule has 0 radical (unpaired) electrons. The number of halogens is 1. The normalized spacial score (nSPS) is 18.9. The molecule has 2 heterocycles. The molecule has 1 saturated carbocycles. The molecule has 0 saturated heterocycles. The second-order valence-electron chi connectivity index (χ2n) is 7.91. The van der Waals surface area contributed by atoms with Crippen LogP contribution in [-0.4, -0.2) is 30.7 Å². The molecule has 2 aromatic heterocycles. The minimum atomic E-state index is -3.56. The Balaban J connectivity index is 1.49. The van der Waals surface area contributed by atoms with Crippen LogP contribution in [0.25, 0.3) is 5.69 Å². The van der Waals surface area contributed by atoms with Crippen molar-refractivity contribution in [1.82, 2.24) is 9.88 Å². The van der Waals surface area contributed by atoms with Crippen molar-refractivity contribution >= 4 is 38.7 Å². The number of rotatable bonds is 6. The molecule has 32 heavy (non-hydrogen) atoms. The summed E-state index contributed by atoms with van der Waals surface area (Å²) in [4.78, 5) is 25.3. The minimum Gasteiger partial charge on any atom is -0.348 e. The van der Waals surface area contributed by atoms with Gasteiger partial charge in [-0.1, -0.05) is 30.5 Å². The van der Waals surface area contributed by atoms with E-state index in [2.05, 4.69) is 5.32 Å². The zero-order valence-electron chi connectivity index (χ0n) is 17.2. The molecule has 1 aliphatic carbocycles. The third kappa shape index (κ3) is 5.14. The highest BCUT2D eigenvalue weighted by molar-refractivity contribution is 7.91. The lowest BCUT2D eigenvalue weighted by Crippen LogP contribution is -2.44. The lowest BCUT2D eigenvalue weighted by molar-refractivity contribution is 0.0915. The van der Waals surface area contributed by atoms with Crippen LogP contribution in [-0.2, 0) is 9.84 Å². The van der Waals surface area contributed by atoms with Crippen molar-refractivity contribution in [3.63, 3.8) is 0 Å². The zero-order chi connectivity index (χ0) is 22.7. The van der Waals surface area contributed by atoms with Crippen LogP contribution >= 0.6 is 22.9 Å². The van der Waals surface area contributed by atoms with Gasteiger partial charge in [0.2, 0.25) is 0 Å². The van der Waals surface area contributed by atoms with Crippen molar-refractivity contribution in [3.8, 4) is 5.69 Å². The largest absolute Gasteiger partial charge is 0.348 e. The van der Waals surface area contributed by atoms with Gasteiger partial charge < -0.3 is 5.32 Å². The van der Waals surface area contributed by atoms with Crippen molar-refractivity contribution in [3.05, 3.63) is 80.4 Å². The van der Waals surface area contributed by atoms with Crippen molar-refractivity contribution in [2.24, 2.45) is 5.92 Å². The summed E-state index contributed by atoms with van der Waals surface area (Å²) in [6, 6.07) is 14.3. The number of nitrogens with zero attached hydrogens (tertiary/aromatic N) is 1. The van der Waals surface area contributed by atoms with Crippen molar-refractivity contribution in [1.29, 1.82) is 0 Å². The van der Waals surface area contributed by atoms with Gasteiger partial charge in [-0.3, -0.25) is 14.2 Å². The third-order valence-electron chi connectivity index (χ3n) is 5.75. The molecule has 0 spiro atoms. The molecule has 1 aliphatic rings. The molecule has 0 bridgehead atoms. The third-order valence-corrected chi connectivity index (χ3v) is 8.84. The molecule has 2 atom stereocenters. The van der Waals surface area contributed by atoms with Gasteiger partial charge in [0.05, 0.1) is 19.9 Å². The Bertz CT molecular complexity index is 1270. The molecule has 6 nitrogen and oxygen atoms in total. The van der Waals surface area contributed by atoms with Gasteiger partial charge in [-0.25, -0.2) is 8.42 Å². The van der Waals surface area contributed by atoms with Gasteiger partial charge in [0, 0.05) is 24.0 Å². The van der Waals surface area contributed by atoms with E-state index < -0.39 is 9.84 Å². The number of amides is 1. The smallest absolute Gasteiger partial charge is 0.261 e.